The SMILES string of the molecule is C[C@]1(O)CC(=O)[C@H](C(=O)Nc2ccccc2)[C@@H](c2cccnc2)[C@@H]1C(=O)Nc1ccccc1. The lowest BCUT2D eigenvalue weighted by Gasteiger charge is -2.44. The maximum atomic E-state index is 13.5. The zero-order valence-electron chi connectivity index (χ0n) is 18.1. The largest absolute Gasteiger partial charge is 0.389 e. The van der Waals surface area contributed by atoms with Crippen molar-refractivity contribution in [2.24, 2.45) is 11.8 Å². The van der Waals surface area contributed by atoms with Gasteiger partial charge in [-0.25, -0.2) is 0 Å². The topological polar surface area (TPSA) is 108 Å². The third kappa shape index (κ3) is 4.83. The first kappa shape index (κ1) is 22.4. The van der Waals surface area contributed by atoms with Gasteiger partial charge in [-0.1, -0.05) is 42.5 Å². The Morgan fingerprint density at radius 2 is 1.48 bits per heavy atom. The average molecular weight is 444 g/mol. The van der Waals surface area contributed by atoms with Gasteiger partial charge in [0.25, 0.3) is 0 Å². The molecule has 1 fully saturated rings. The number of ketones is 1. The lowest BCUT2D eigenvalue weighted by Crippen LogP contribution is -2.56. The molecule has 0 radical (unpaired) electrons. The Bertz CT molecular complexity index is 1130. The second kappa shape index (κ2) is 9.34. The van der Waals surface area contributed by atoms with E-state index in [1.165, 1.54) is 13.1 Å². The van der Waals surface area contributed by atoms with Gasteiger partial charge in [0.05, 0.1) is 11.5 Å². The first-order valence-electron chi connectivity index (χ1n) is 10.7. The van der Waals surface area contributed by atoms with E-state index in [2.05, 4.69) is 15.6 Å². The first-order valence-corrected chi connectivity index (χ1v) is 10.7. The summed E-state index contributed by atoms with van der Waals surface area (Å²) in [4.78, 5) is 44.1. The van der Waals surface area contributed by atoms with Crippen LogP contribution in [0.5, 0.6) is 0 Å². The molecule has 1 aromatic heterocycles. The van der Waals surface area contributed by atoms with Crippen LogP contribution in [-0.4, -0.2) is 33.3 Å². The smallest absolute Gasteiger partial charge is 0.235 e. The van der Waals surface area contributed by atoms with Gasteiger partial charge in [-0.3, -0.25) is 19.4 Å². The molecule has 7 nitrogen and oxygen atoms in total. The Morgan fingerprint density at radius 3 is 2.03 bits per heavy atom. The fourth-order valence-electron chi connectivity index (χ4n) is 4.55. The summed E-state index contributed by atoms with van der Waals surface area (Å²) in [5, 5.41) is 16.9. The molecule has 1 aliphatic carbocycles. The summed E-state index contributed by atoms with van der Waals surface area (Å²) in [6, 6.07) is 21.1. The standard InChI is InChI=1S/C26H25N3O4/c1-26(33)15-20(30)22(24(31)28-18-10-4-2-5-11-18)21(17-9-8-14-27-16-17)23(26)25(32)29-19-12-6-3-7-13-19/h2-14,16,21-23,33H,15H2,1H3,(H,28,31)(H,29,32)/t21-,22+,23-,26+/m1/s1. The molecule has 3 aromatic rings. The van der Waals surface area contributed by atoms with E-state index >= 15 is 0 Å². The Labute approximate surface area is 191 Å². The maximum absolute atomic E-state index is 13.5. The molecule has 4 atom stereocenters. The zero-order chi connectivity index (χ0) is 23.4. The van der Waals surface area contributed by atoms with Crippen molar-refractivity contribution in [3.63, 3.8) is 0 Å². The molecule has 0 saturated heterocycles. The maximum Gasteiger partial charge on any atom is 0.235 e. The molecular formula is C26H25N3O4. The van der Waals surface area contributed by atoms with Gasteiger partial charge in [0.15, 0.2) is 0 Å². The van der Waals surface area contributed by atoms with Crippen LogP contribution >= 0.6 is 0 Å². The number of amides is 2. The number of carbonyl (C=O) groups is 3. The number of rotatable bonds is 5. The van der Waals surface area contributed by atoms with Gasteiger partial charge in [-0.05, 0) is 42.8 Å². The molecule has 2 amide bonds. The zero-order valence-corrected chi connectivity index (χ0v) is 18.1. The van der Waals surface area contributed by atoms with Crippen LogP contribution in [0, 0.1) is 11.8 Å². The number of para-hydroxylation sites is 2. The number of benzene rings is 2. The third-order valence-electron chi connectivity index (χ3n) is 5.98. The molecule has 0 bridgehead atoms. The predicted octanol–water partition coefficient (Wildman–Crippen LogP) is 3.40. The molecule has 1 aliphatic rings. The molecule has 7 heteroatoms. The number of hydrogen-bond acceptors (Lipinski definition) is 5. The molecule has 2 aromatic carbocycles. The van der Waals surface area contributed by atoms with Crippen molar-refractivity contribution in [3.8, 4) is 0 Å². The third-order valence-corrected chi connectivity index (χ3v) is 5.98. The summed E-state index contributed by atoms with van der Waals surface area (Å²) in [5.74, 6) is -4.54. The van der Waals surface area contributed by atoms with Crippen LogP contribution in [0.4, 0.5) is 11.4 Å². The number of anilines is 2. The minimum Gasteiger partial charge on any atom is -0.389 e. The molecule has 168 valence electrons. The fourth-order valence-corrected chi connectivity index (χ4v) is 4.55. The van der Waals surface area contributed by atoms with Gasteiger partial charge in [0.2, 0.25) is 11.8 Å². The van der Waals surface area contributed by atoms with E-state index in [9.17, 15) is 19.5 Å². The monoisotopic (exact) mass is 443 g/mol. The van der Waals surface area contributed by atoms with Crippen molar-refractivity contribution < 1.29 is 19.5 Å². The summed E-state index contributed by atoms with van der Waals surface area (Å²) < 4.78 is 0. The second-order valence-electron chi connectivity index (χ2n) is 8.48. The molecular weight excluding hydrogens is 418 g/mol. The van der Waals surface area contributed by atoms with E-state index in [1.807, 2.05) is 12.1 Å². The summed E-state index contributed by atoms with van der Waals surface area (Å²) >= 11 is 0. The van der Waals surface area contributed by atoms with Crippen LogP contribution in [-0.2, 0) is 14.4 Å². The number of carbonyl (C=O) groups excluding carboxylic acids is 3. The Kier molecular flexibility index (Phi) is 6.33. The van der Waals surface area contributed by atoms with E-state index in [0.717, 1.165) is 0 Å². The fraction of sp³-hybridized carbons (Fsp3) is 0.231. The van der Waals surface area contributed by atoms with Gasteiger partial charge in [0, 0.05) is 36.1 Å². The minimum atomic E-state index is -1.65. The highest BCUT2D eigenvalue weighted by atomic mass is 16.3. The number of aliphatic hydroxyl groups is 1. The summed E-state index contributed by atoms with van der Waals surface area (Å²) in [7, 11) is 0. The van der Waals surface area contributed by atoms with E-state index < -0.39 is 41.0 Å². The molecule has 3 N–H and O–H groups in total. The average Bonchev–Trinajstić information content (AvgIpc) is 2.79. The second-order valence-corrected chi connectivity index (χ2v) is 8.48. The van der Waals surface area contributed by atoms with Crippen molar-refractivity contribution in [1.29, 1.82) is 0 Å². The molecule has 0 aliphatic heterocycles. The number of hydrogen-bond donors (Lipinski definition) is 3. The lowest BCUT2D eigenvalue weighted by atomic mass is 9.61. The molecule has 4 rings (SSSR count). The minimum absolute atomic E-state index is 0.316. The Balaban J connectivity index is 1.74. The Hall–Kier alpha value is -3.84. The predicted molar refractivity (Wildman–Crippen MR) is 124 cm³/mol. The van der Waals surface area contributed by atoms with Gasteiger partial charge in [-0.15, -0.1) is 0 Å². The molecule has 0 unspecified atom stereocenters. The highest BCUT2D eigenvalue weighted by Crippen LogP contribution is 2.46. The van der Waals surface area contributed by atoms with Crippen LogP contribution in [0.25, 0.3) is 0 Å². The van der Waals surface area contributed by atoms with Crippen LogP contribution in [0.2, 0.25) is 0 Å². The molecule has 33 heavy (non-hydrogen) atoms. The number of pyridine rings is 1. The number of nitrogens with one attached hydrogen (secondary N) is 2. The number of aromatic nitrogens is 1. The normalized spacial score (nSPS) is 24.7. The van der Waals surface area contributed by atoms with Crippen molar-refractivity contribution in [2.45, 2.75) is 24.9 Å². The quantitative estimate of drug-likeness (QED) is 0.524. The van der Waals surface area contributed by atoms with E-state index in [0.29, 0.717) is 16.9 Å². The van der Waals surface area contributed by atoms with E-state index in [4.69, 9.17) is 0 Å². The van der Waals surface area contributed by atoms with Gasteiger partial charge in [0.1, 0.15) is 11.7 Å². The molecule has 0 spiro atoms. The Morgan fingerprint density at radius 1 is 0.909 bits per heavy atom. The van der Waals surface area contributed by atoms with Gasteiger partial charge < -0.3 is 15.7 Å². The summed E-state index contributed by atoms with van der Waals surface area (Å²) in [6.07, 6.45) is 2.79. The van der Waals surface area contributed by atoms with Crippen molar-refractivity contribution >= 4 is 29.0 Å². The first-order chi connectivity index (χ1) is 15.9. The highest BCUT2D eigenvalue weighted by molar-refractivity contribution is 6.10. The van der Waals surface area contributed by atoms with Crippen molar-refractivity contribution in [1.82, 2.24) is 4.98 Å². The summed E-state index contributed by atoms with van der Waals surface area (Å²) in [5.41, 5.74) is -0.0134. The number of Topliss-reactive ketones (excluding diaryl/α,β-unsaturated/α-hetero) is 1. The van der Waals surface area contributed by atoms with Crippen molar-refractivity contribution in [2.75, 3.05) is 10.6 Å². The van der Waals surface area contributed by atoms with Gasteiger partial charge >= 0.3 is 0 Å². The van der Waals surface area contributed by atoms with Gasteiger partial charge in [-0.2, -0.15) is 0 Å². The van der Waals surface area contributed by atoms with Crippen molar-refractivity contribution in [3.05, 3.63) is 90.8 Å². The highest BCUT2D eigenvalue weighted by Gasteiger charge is 2.56. The van der Waals surface area contributed by atoms with E-state index in [1.54, 1.807) is 66.9 Å². The van der Waals surface area contributed by atoms with Crippen LogP contribution in [0.1, 0.15) is 24.8 Å². The van der Waals surface area contributed by atoms with Crippen LogP contribution in [0.15, 0.2) is 85.2 Å². The number of nitrogens with zero attached hydrogens (tertiary/aromatic N) is 1. The summed E-state index contributed by atoms with van der Waals surface area (Å²) in [6.45, 7) is 1.47. The van der Waals surface area contributed by atoms with E-state index in [-0.39, 0.29) is 6.42 Å². The molecule has 1 saturated carbocycles. The lowest BCUT2D eigenvalue weighted by molar-refractivity contribution is -0.150. The van der Waals surface area contributed by atoms with Crippen LogP contribution in [0.3, 0.4) is 0 Å². The van der Waals surface area contributed by atoms with Crippen LogP contribution < -0.4 is 10.6 Å². The molecule has 1 heterocycles.